The molecule has 0 saturated carbocycles. The number of hydrazone groups is 1. The first-order valence-corrected chi connectivity index (χ1v) is 9.90. The number of hydrogen-bond acceptors (Lipinski definition) is 7. The monoisotopic (exact) mass is 392 g/mol. The van der Waals surface area contributed by atoms with Gasteiger partial charge in [0.05, 0.1) is 18.0 Å². The van der Waals surface area contributed by atoms with Crippen LogP contribution in [0.25, 0.3) is 0 Å². The van der Waals surface area contributed by atoms with E-state index in [1.165, 1.54) is 5.56 Å². The highest BCUT2D eigenvalue weighted by molar-refractivity contribution is 6.14. The fourth-order valence-electron chi connectivity index (χ4n) is 4.03. The van der Waals surface area contributed by atoms with Gasteiger partial charge >= 0.3 is 0 Å². The highest BCUT2D eigenvalue weighted by Gasteiger charge is 2.29. The lowest BCUT2D eigenvalue weighted by Crippen LogP contribution is -2.36. The third kappa shape index (κ3) is 3.37. The van der Waals surface area contributed by atoms with Crippen LogP contribution >= 0.6 is 0 Å². The Morgan fingerprint density at radius 2 is 1.86 bits per heavy atom. The van der Waals surface area contributed by atoms with Gasteiger partial charge in [0.2, 0.25) is 6.79 Å². The summed E-state index contributed by atoms with van der Waals surface area (Å²) >= 11 is 0. The molecule has 5 rings (SSSR count). The van der Waals surface area contributed by atoms with Crippen LogP contribution in [0.1, 0.15) is 37.0 Å². The van der Waals surface area contributed by atoms with Crippen LogP contribution in [-0.2, 0) is 11.3 Å². The smallest absolute Gasteiger partial charge is 0.231 e. The van der Waals surface area contributed by atoms with Crippen molar-refractivity contribution < 1.29 is 14.3 Å². The first-order valence-electron chi connectivity index (χ1n) is 9.90. The third-order valence-corrected chi connectivity index (χ3v) is 5.56. The third-order valence-electron chi connectivity index (χ3n) is 5.56. The molecule has 3 aliphatic rings. The van der Waals surface area contributed by atoms with Crippen molar-refractivity contribution in [3.63, 3.8) is 0 Å². The van der Waals surface area contributed by atoms with Gasteiger partial charge in [0.15, 0.2) is 17.6 Å². The Bertz CT molecular complexity index is 1000. The number of nitrogen functional groups attached to an aromatic ring is 1. The van der Waals surface area contributed by atoms with E-state index in [9.17, 15) is 0 Å². The second-order valence-electron chi connectivity index (χ2n) is 7.87. The Balaban J connectivity index is 1.57. The van der Waals surface area contributed by atoms with Crippen LogP contribution < -0.4 is 15.2 Å². The zero-order valence-corrected chi connectivity index (χ0v) is 16.6. The Hall–Kier alpha value is -3.22. The fourth-order valence-corrected chi connectivity index (χ4v) is 4.03. The highest BCUT2D eigenvalue weighted by Crippen LogP contribution is 2.37. The molecular formula is C22H24N4O3. The number of hydrogen-bond donors (Lipinski definition) is 1. The molecule has 2 aromatic rings. The number of benzene rings is 2. The molecule has 0 aromatic heterocycles. The number of nitrogens with two attached hydrogens (primary N) is 1. The first-order chi connectivity index (χ1) is 14.1. The predicted molar refractivity (Wildman–Crippen MR) is 112 cm³/mol. The minimum atomic E-state index is 0.0201. The first kappa shape index (κ1) is 17.8. The van der Waals surface area contributed by atoms with Crippen molar-refractivity contribution in [2.24, 2.45) is 10.3 Å². The summed E-state index contributed by atoms with van der Waals surface area (Å²) in [6, 6.07) is 12.2. The van der Waals surface area contributed by atoms with Gasteiger partial charge in [-0.15, -0.1) is 0 Å². The molecule has 2 N–H and O–H groups in total. The Morgan fingerprint density at radius 3 is 2.59 bits per heavy atom. The second kappa shape index (κ2) is 6.99. The Kier molecular flexibility index (Phi) is 4.30. The molecule has 0 bridgehead atoms. The van der Waals surface area contributed by atoms with E-state index in [1.807, 2.05) is 37.3 Å². The molecule has 2 unspecified atom stereocenters. The van der Waals surface area contributed by atoms with E-state index in [0.29, 0.717) is 6.54 Å². The molecule has 0 aliphatic carbocycles. The summed E-state index contributed by atoms with van der Waals surface area (Å²) in [4.78, 5) is 5.58. The normalized spacial score (nSPS) is 22.5. The fraction of sp³-hybridized carbons (Fsp3) is 0.364. The molecule has 29 heavy (non-hydrogen) atoms. The summed E-state index contributed by atoms with van der Waals surface area (Å²) in [6.45, 7) is 5.12. The maximum absolute atomic E-state index is 5.91. The molecule has 2 atom stereocenters. The number of nitrogens with zero attached hydrogens (tertiary/aromatic N) is 3. The van der Waals surface area contributed by atoms with E-state index in [2.05, 4.69) is 23.2 Å². The quantitative estimate of drug-likeness (QED) is 0.812. The Labute approximate surface area is 169 Å². The molecule has 3 aliphatic heterocycles. The van der Waals surface area contributed by atoms with Gasteiger partial charge in [-0.25, -0.2) is 0 Å². The molecule has 0 fully saturated rings. The summed E-state index contributed by atoms with van der Waals surface area (Å²) < 4.78 is 11.3. The molecule has 0 spiro atoms. The summed E-state index contributed by atoms with van der Waals surface area (Å²) in [5.74, 6) is 1.56. The second-order valence-corrected chi connectivity index (χ2v) is 7.87. The average Bonchev–Trinajstić information content (AvgIpc) is 3.30. The van der Waals surface area contributed by atoms with Crippen molar-refractivity contribution in [1.29, 1.82) is 0 Å². The van der Waals surface area contributed by atoms with Crippen molar-refractivity contribution in [3.8, 4) is 11.5 Å². The zero-order valence-electron chi connectivity index (χ0n) is 16.6. The van der Waals surface area contributed by atoms with Gasteiger partial charge < -0.3 is 20.0 Å². The molecule has 2 aromatic carbocycles. The van der Waals surface area contributed by atoms with Crippen LogP contribution in [0.3, 0.4) is 0 Å². The summed E-state index contributed by atoms with van der Waals surface area (Å²) in [7, 11) is 0. The van der Waals surface area contributed by atoms with Crippen molar-refractivity contribution in [2.45, 2.75) is 38.8 Å². The minimum Gasteiger partial charge on any atom is -0.454 e. The van der Waals surface area contributed by atoms with E-state index < -0.39 is 0 Å². The zero-order chi connectivity index (χ0) is 20.0. The number of ether oxygens (including phenoxy) is 2. The van der Waals surface area contributed by atoms with E-state index in [4.69, 9.17) is 25.1 Å². The van der Waals surface area contributed by atoms with E-state index >= 15 is 0 Å². The maximum Gasteiger partial charge on any atom is 0.231 e. The van der Waals surface area contributed by atoms with Crippen LogP contribution in [-0.4, -0.2) is 41.9 Å². The van der Waals surface area contributed by atoms with E-state index in [0.717, 1.165) is 52.6 Å². The lowest BCUT2D eigenvalue weighted by atomic mass is 9.94. The van der Waals surface area contributed by atoms with Crippen LogP contribution in [0.5, 0.6) is 11.5 Å². The number of rotatable bonds is 3. The molecule has 3 heterocycles. The summed E-state index contributed by atoms with van der Waals surface area (Å²) in [5.41, 5.74) is 11.8. The van der Waals surface area contributed by atoms with Gasteiger partial charge in [0.1, 0.15) is 0 Å². The average molecular weight is 392 g/mol. The van der Waals surface area contributed by atoms with Crippen molar-refractivity contribution in [2.75, 3.05) is 19.1 Å². The van der Waals surface area contributed by atoms with Gasteiger partial charge in [0.25, 0.3) is 0 Å². The van der Waals surface area contributed by atoms with Crippen LogP contribution in [0, 0.1) is 0 Å². The molecule has 0 amide bonds. The largest absolute Gasteiger partial charge is 0.454 e. The molecule has 7 nitrogen and oxygen atoms in total. The highest BCUT2D eigenvalue weighted by atomic mass is 16.7. The SMILES string of the molecule is CC1=NOC(CN2N=C(c3ccc(N)cc3)c3cc4c(cc3CC2C)OCO4)C1. The molecule has 0 radical (unpaired) electrons. The van der Waals surface area contributed by atoms with Crippen molar-refractivity contribution >= 4 is 17.1 Å². The number of fused-ring (bicyclic) bond motifs is 2. The van der Waals surface area contributed by atoms with Gasteiger partial charge in [-0.05, 0) is 50.1 Å². The van der Waals surface area contributed by atoms with Crippen LogP contribution in [0.2, 0.25) is 0 Å². The topological polar surface area (TPSA) is 81.7 Å². The molecule has 150 valence electrons. The van der Waals surface area contributed by atoms with Gasteiger partial charge in [-0.3, -0.25) is 5.01 Å². The Morgan fingerprint density at radius 1 is 1.10 bits per heavy atom. The van der Waals surface area contributed by atoms with E-state index in [1.54, 1.807) is 0 Å². The summed E-state index contributed by atoms with van der Waals surface area (Å²) in [5, 5.41) is 11.3. The number of anilines is 1. The van der Waals surface area contributed by atoms with E-state index in [-0.39, 0.29) is 18.9 Å². The maximum atomic E-state index is 5.91. The van der Waals surface area contributed by atoms with Crippen molar-refractivity contribution in [1.82, 2.24) is 5.01 Å². The van der Waals surface area contributed by atoms with Gasteiger partial charge in [0, 0.05) is 29.3 Å². The lowest BCUT2D eigenvalue weighted by Gasteiger charge is -2.27. The molecule has 7 heteroatoms. The van der Waals surface area contributed by atoms with Crippen LogP contribution in [0.15, 0.2) is 46.7 Å². The van der Waals surface area contributed by atoms with Gasteiger partial charge in [-0.1, -0.05) is 17.3 Å². The minimum absolute atomic E-state index is 0.0201. The predicted octanol–water partition coefficient (Wildman–Crippen LogP) is 3.16. The van der Waals surface area contributed by atoms with Crippen LogP contribution in [0.4, 0.5) is 5.69 Å². The lowest BCUT2D eigenvalue weighted by molar-refractivity contribution is 0.0427. The number of oxime groups is 1. The van der Waals surface area contributed by atoms with Gasteiger partial charge in [-0.2, -0.15) is 5.10 Å². The molecule has 0 saturated heterocycles. The molecular weight excluding hydrogens is 368 g/mol. The summed E-state index contributed by atoms with van der Waals surface area (Å²) in [6.07, 6.45) is 1.70. The van der Waals surface area contributed by atoms with Crippen molar-refractivity contribution in [3.05, 3.63) is 53.1 Å². The standard InChI is InChI=1S/C22H24N4O3/c1-13-7-18(29-25-13)11-26-14(2)8-16-9-20-21(28-12-27-20)10-19(16)22(24-26)15-3-5-17(23)6-4-15/h3-6,9-10,14,18H,7-8,11-12,23H2,1-2H3.